The number of methoxy groups -OCH3 is 1. The minimum absolute atomic E-state index is 0.0130. The first-order valence-electron chi connectivity index (χ1n) is 8.38. The minimum atomic E-state index is -4.47. The molecule has 0 bridgehead atoms. The lowest BCUT2D eigenvalue weighted by atomic mass is 10.2. The SMILES string of the molecule is COc1cn(-c2cccc(C(F)(F)F)c2)nc1C(=O)NCCc1ccccn1. The molecule has 0 fully saturated rings. The maximum absolute atomic E-state index is 12.9. The van der Waals surface area contributed by atoms with E-state index >= 15 is 0 Å². The number of hydrogen-bond acceptors (Lipinski definition) is 4. The van der Waals surface area contributed by atoms with Crippen molar-refractivity contribution in [1.82, 2.24) is 20.1 Å². The number of nitrogens with zero attached hydrogens (tertiary/aromatic N) is 3. The Morgan fingerprint density at radius 1 is 1.21 bits per heavy atom. The Kier molecular flexibility index (Phi) is 5.62. The molecule has 1 N–H and O–H groups in total. The molecule has 3 aromatic rings. The van der Waals surface area contributed by atoms with Crippen molar-refractivity contribution in [3.8, 4) is 11.4 Å². The summed E-state index contributed by atoms with van der Waals surface area (Å²) in [6.45, 7) is 0.329. The van der Waals surface area contributed by atoms with E-state index in [4.69, 9.17) is 4.74 Å². The number of halogens is 3. The van der Waals surface area contributed by atoms with Gasteiger partial charge in [-0.25, -0.2) is 4.68 Å². The molecule has 0 spiro atoms. The fraction of sp³-hybridized carbons (Fsp3) is 0.211. The van der Waals surface area contributed by atoms with Crippen molar-refractivity contribution in [2.45, 2.75) is 12.6 Å². The molecular weight excluding hydrogens is 373 g/mol. The second kappa shape index (κ2) is 8.12. The molecule has 0 saturated heterocycles. The van der Waals surface area contributed by atoms with Crippen molar-refractivity contribution in [3.63, 3.8) is 0 Å². The molecule has 1 amide bonds. The molecule has 0 radical (unpaired) electrons. The normalized spacial score (nSPS) is 11.3. The van der Waals surface area contributed by atoms with Gasteiger partial charge >= 0.3 is 6.18 Å². The van der Waals surface area contributed by atoms with Gasteiger partial charge in [-0.3, -0.25) is 9.78 Å². The summed E-state index contributed by atoms with van der Waals surface area (Å²) >= 11 is 0. The number of carbonyl (C=O) groups excluding carboxylic acids is 1. The van der Waals surface area contributed by atoms with Crippen LogP contribution < -0.4 is 10.1 Å². The second-order valence-electron chi connectivity index (χ2n) is 5.87. The number of ether oxygens (including phenoxy) is 1. The molecule has 0 aliphatic heterocycles. The van der Waals surface area contributed by atoms with Gasteiger partial charge in [0.15, 0.2) is 11.4 Å². The quantitative estimate of drug-likeness (QED) is 0.702. The van der Waals surface area contributed by atoms with E-state index in [2.05, 4.69) is 15.4 Å². The number of benzene rings is 1. The highest BCUT2D eigenvalue weighted by Gasteiger charge is 2.30. The van der Waals surface area contributed by atoms with Crippen LogP contribution in [0.25, 0.3) is 5.69 Å². The van der Waals surface area contributed by atoms with Gasteiger partial charge in [0.2, 0.25) is 0 Å². The molecule has 0 atom stereocenters. The van der Waals surface area contributed by atoms with Crippen molar-refractivity contribution in [3.05, 3.63) is 71.8 Å². The Balaban J connectivity index is 1.76. The predicted octanol–water partition coefficient (Wildman–Crippen LogP) is 3.27. The van der Waals surface area contributed by atoms with Gasteiger partial charge in [-0.2, -0.15) is 18.3 Å². The van der Waals surface area contributed by atoms with Crippen LogP contribution in [0.15, 0.2) is 54.9 Å². The molecule has 0 aliphatic carbocycles. The van der Waals surface area contributed by atoms with Gasteiger partial charge in [-0.15, -0.1) is 0 Å². The third-order valence-electron chi connectivity index (χ3n) is 3.95. The number of amides is 1. The third-order valence-corrected chi connectivity index (χ3v) is 3.95. The van der Waals surface area contributed by atoms with Gasteiger partial charge in [0.05, 0.1) is 24.6 Å². The first-order valence-corrected chi connectivity index (χ1v) is 8.38. The average molecular weight is 390 g/mol. The molecule has 0 unspecified atom stereocenters. The minimum Gasteiger partial charge on any atom is -0.493 e. The van der Waals surface area contributed by atoms with E-state index in [-0.39, 0.29) is 17.1 Å². The van der Waals surface area contributed by atoms with E-state index in [0.29, 0.717) is 13.0 Å². The van der Waals surface area contributed by atoms with E-state index in [1.54, 1.807) is 12.3 Å². The zero-order chi connectivity index (χ0) is 20.1. The maximum Gasteiger partial charge on any atom is 0.416 e. The van der Waals surface area contributed by atoms with Gasteiger partial charge in [0.1, 0.15) is 0 Å². The van der Waals surface area contributed by atoms with Crippen molar-refractivity contribution in [2.75, 3.05) is 13.7 Å². The Labute approximate surface area is 159 Å². The monoisotopic (exact) mass is 390 g/mol. The van der Waals surface area contributed by atoms with Crippen LogP contribution in [-0.2, 0) is 12.6 Å². The standard InChI is InChI=1S/C19H17F3N4O2/c1-28-16-12-26(15-7-4-5-13(11-15)19(20,21)22)25-17(16)18(27)24-10-8-14-6-2-3-9-23-14/h2-7,9,11-12H,8,10H2,1H3,(H,24,27). The van der Waals surface area contributed by atoms with Crippen molar-refractivity contribution < 1.29 is 22.7 Å². The fourth-order valence-corrected chi connectivity index (χ4v) is 2.56. The molecule has 2 heterocycles. The number of rotatable bonds is 6. The smallest absolute Gasteiger partial charge is 0.416 e. The first kappa shape index (κ1) is 19.4. The van der Waals surface area contributed by atoms with Crippen molar-refractivity contribution in [2.24, 2.45) is 0 Å². The fourth-order valence-electron chi connectivity index (χ4n) is 2.56. The zero-order valence-electron chi connectivity index (χ0n) is 14.9. The summed E-state index contributed by atoms with van der Waals surface area (Å²) in [5.74, 6) is -0.328. The molecule has 0 saturated carbocycles. The highest BCUT2D eigenvalue weighted by atomic mass is 19.4. The van der Waals surface area contributed by atoms with Crippen LogP contribution in [0.5, 0.6) is 5.75 Å². The highest BCUT2D eigenvalue weighted by Crippen LogP contribution is 2.30. The lowest BCUT2D eigenvalue weighted by molar-refractivity contribution is -0.137. The van der Waals surface area contributed by atoms with Crippen molar-refractivity contribution >= 4 is 5.91 Å². The molecule has 0 aliphatic rings. The number of aromatic nitrogens is 3. The van der Waals surface area contributed by atoms with Gasteiger partial charge in [0.25, 0.3) is 5.91 Å². The van der Waals surface area contributed by atoms with Crippen LogP contribution in [0.1, 0.15) is 21.7 Å². The molecule has 3 rings (SSSR count). The molecule has 1 aromatic carbocycles. The summed E-state index contributed by atoms with van der Waals surface area (Å²) in [6, 6.07) is 10.2. The van der Waals surface area contributed by atoms with Crippen LogP contribution in [0.4, 0.5) is 13.2 Å². The van der Waals surface area contributed by atoms with E-state index in [1.807, 2.05) is 12.1 Å². The summed E-state index contributed by atoms with van der Waals surface area (Å²) in [5, 5.41) is 6.80. The summed E-state index contributed by atoms with van der Waals surface area (Å²) in [5.41, 5.74) is 0.173. The number of hydrogen-bond donors (Lipinski definition) is 1. The van der Waals surface area contributed by atoms with E-state index < -0.39 is 17.6 Å². The number of pyridine rings is 1. The Bertz CT molecular complexity index is 955. The lowest BCUT2D eigenvalue weighted by Gasteiger charge is -2.08. The van der Waals surface area contributed by atoms with Gasteiger partial charge in [-0.05, 0) is 30.3 Å². The van der Waals surface area contributed by atoms with Crippen LogP contribution in [0.3, 0.4) is 0 Å². The highest BCUT2D eigenvalue weighted by molar-refractivity contribution is 5.94. The molecule has 9 heteroatoms. The lowest BCUT2D eigenvalue weighted by Crippen LogP contribution is -2.26. The Morgan fingerprint density at radius 3 is 2.71 bits per heavy atom. The predicted molar refractivity (Wildman–Crippen MR) is 95.4 cm³/mol. The summed E-state index contributed by atoms with van der Waals surface area (Å²) in [6.07, 6.45) is -0.914. The number of carbonyl (C=O) groups is 1. The zero-order valence-corrected chi connectivity index (χ0v) is 14.9. The number of alkyl halides is 3. The first-order chi connectivity index (χ1) is 13.4. The van der Waals surface area contributed by atoms with Crippen LogP contribution in [-0.4, -0.2) is 34.3 Å². The van der Waals surface area contributed by atoms with E-state index in [1.165, 1.54) is 30.1 Å². The summed E-state index contributed by atoms with van der Waals surface area (Å²) < 4.78 is 45.1. The molecule has 6 nitrogen and oxygen atoms in total. The van der Waals surface area contributed by atoms with E-state index in [0.717, 1.165) is 17.8 Å². The van der Waals surface area contributed by atoms with E-state index in [9.17, 15) is 18.0 Å². The van der Waals surface area contributed by atoms with Crippen molar-refractivity contribution in [1.29, 1.82) is 0 Å². The van der Waals surface area contributed by atoms with Crippen LogP contribution in [0, 0.1) is 0 Å². The molecule has 28 heavy (non-hydrogen) atoms. The largest absolute Gasteiger partial charge is 0.493 e. The summed E-state index contributed by atoms with van der Waals surface area (Å²) in [7, 11) is 1.36. The summed E-state index contributed by atoms with van der Waals surface area (Å²) in [4.78, 5) is 16.6. The Hall–Kier alpha value is -3.36. The average Bonchev–Trinajstić information content (AvgIpc) is 3.13. The maximum atomic E-state index is 12.9. The topological polar surface area (TPSA) is 69.0 Å². The van der Waals surface area contributed by atoms with Crippen LogP contribution >= 0.6 is 0 Å². The van der Waals surface area contributed by atoms with Gasteiger partial charge in [0, 0.05) is 24.9 Å². The Morgan fingerprint density at radius 2 is 2.04 bits per heavy atom. The van der Waals surface area contributed by atoms with Gasteiger partial charge < -0.3 is 10.1 Å². The van der Waals surface area contributed by atoms with Crippen LogP contribution in [0.2, 0.25) is 0 Å². The second-order valence-corrected chi connectivity index (χ2v) is 5.87. The molecule has 146 valence electrons. The molecule has 2 aromatic heterocycles. The third kappa shape index (κ3) is 4.48. The number of nitrogens with one attached hydrogen (secondary N) is 1. The molecular formula is C19H17F3N4O2. The van der Waals surface area contributed by atoms with Gasteiger partial charge in [-0.1, -0.05) is 12.1 Å².